The quantitative estimate of drug-likeness (QED) is 0.230. The molecular weight excluding hydrogens is 614 g/mol. The van der Waals surface area contributed by atoms with Gasteiger partial charge in [-0.05, 0) is 61.7 Å². The summed E-state index contributed by atoms with van der Waals surface area (Å²) in [6, 6.07) is 5.93. The molecule has 238 valence electrons. The van der Waals surface area contributed by atoms with Gasteiger partial charge in [0.2, 0.25) is 5.91 Å². The van der Waals surface area contributed by atoms with Gasteiger partial charge < -0.3 is 20.4 Å². The molecule has 46 heavy (non-hydrogen) atoms. The number of aromatic nitrogens is 2. The monoisotopic (exact) mass is 646 g/mol. The van der Waals surface area contributed by atoms with Gasteiger partial charge in [0.15, 0.2) is 5.82 Å². The summed E-state index contributed by atoms with van der Waals surface area (Å²) in [4.78, 5) is 50.4. The third-order valence-corrected chi connectivity index (χ3v) is 9.25. The fourth-order valence-corrected chi connectivity index (χ4v) is 6.92. The zero-order valence-electron chi connectivity index (χ0n) is 26.1. The first kappa shape index (κ1) is 31.2. The molecule has 2 aliphatic heterocycles. The van der Waals surface area contributed by atoms with Gasteiger partial charge in [-0.25, -0.2) is 8.78 Å². The minimum absolute atomic E-state index is 0.000367. The maximum absolute atomic E-state index is 17.3. The number of likely N-dealkylation sites (N-methyl/N-ethyl adjacent to an activating group) is 1. The van der Waals surface area contributed by atoms with Crippen LogP contribution in [0.4, 0.5) is 25.8 Å². The number of rotatable bonds is 4. The van der Waals surface area contributed by atoms with E-state index < -0.39 is 40.7 Å². The smallest absolute Gasteiger partial charge is 0.281 e. The number of nitrogens with two attached hydrogens (primary N) is 1. The van der Waals surface area contributed by atoms with Crippen LogP contribution in [0.15, 0.2) is 54.0 Å². The second-order valence-corrected chi connectivity index (χ2v) is 12.6. The summed E-state index contributed by atoms with van der Waals surface area (Å²) in [5, 5.41) is 0.146. The highest BCUT2D eigenvalue weighted by atomic mass is 35.5. The van der Waals surface area contributed by atoms with Crippen LogP contribution in [0.5, 0.6) is 0 Å². The first-order valence-corrected chi connectivity index (χ1v) is 15.2. The van der Waals surface area contributed by atoms with Crippen molar-refractivity contribution in [3.05, 3.63) is 87.5 Å². The number of halogens is 3. The van der Waals surface area contributed by atoms with Gasteiger partial charge in [-0.15, -0.1) is 0 Å². The molecule has 0 bridgehead atoms. The lowest BCUT2D eigenvalue weighted by atomic mass is 9.95. The zero-order chi connectivity index (χ0) is 33.4. The maximum atomic E-state index is 17.3. The van der Waals surface area contributed by atoms with E-state index >= 15 is 8.78 Å². The maximum Gasteiger partial charge on any atom is 0.281 e. The minimum Gasteiger partial charge on any atom is -0.399 e. The molecule has 0 radical (unpaired) electrons. The van der Waals surface area contributed by atoms with E-state index in [2.05, 4.69) is 11.6 Å². The third-order valence-electron chi connectivity index (χ3n) is 8.92. The van der Waals surface area contributed by atoms with Crippen molar-refractivity contribution in [3.63, 3.8) is 0 Å². The first-order chi connectivity index (χ1) is 21.8. The Morgan fingerprint density at radius 3 is 2.52 bits per heavy atom. The molecule has 2 N–H and O–H groups in total. The van der Waals surface area contributed by atoms with Gasteiger partial charge >= 0.3 is 0 Å². The summed E-state index contributed by atoms with van der Waals surface area (Å²) in [7, 11) is 1.46. The van der Waals surface area contributed by atoms with Crippen LogP contribution in [0.3, 0.4) is 0 Å². The van der Waals surface area contributed by atoms with Crippen LogP contribution in [-0.4, -0.2) is 58.5 Å². The van der Waals surface area contributed by atoms with Gasteiger partial charge in [0.05, 0.1) is 34.7 Å². The van der Waals surface area contributed by atoms with Crippen molar-refractivity contribution in [2.45, 2.75) is 45.7 Å². The Bertz CT molecular complexity index is 2040. The van der Waals surface area contributed by atoms with Crippen LogP contribution >= 0.6 is 11.6 Å². The lowest BCUT2D eigenvalue weighted by Gasteiger charge is -2.50. The number of carbonyl (C=O) groups is 2. The number of carbonyl (C=O) groups excluding carboxylic acids is 2. The van der Waals surface area contributed by atoms with Crippen LogP contribution in [0.1, 0.15) is 37.9 Å². The Morgan fingerprint density at radius 1 is 1.13 bits per heavy atom. The van der Waals surface area contributed by atoms with Crippen LogP contribution < -0.4 is 21.1 Å². The van der Waals surface area contributed by atoms with E-state index in [1.54, 1.807) is 31.0 Å². The molecule has 2 unspecified atom stereocenters. The summed E-state index contributed by atoms with van der Waals surface area (Å²) >= 11 is 6.46. The zero-order valence-corrected chi connectivity index (χ0v) is 26.8. The summed E-state index contributed by atoms with van der Waals surface area (Å²) in [6.07, 6.45) is 2.79. The first-order valence-electron chi connectivity index (χ1n) is 14.9. The molecule has 9 nitrogen and oxygen atoms in total. The Labute approximate surface area is 269 Å². The van der Waals surface area contributed by atoms with Crippen LogP contribution in [0, 0.1) is 18.6 Å². The fraction of sp³-hybridized carbons (Fsp3) is 0.294. The molecule has 0 aliphatic carbocycles. The largest absolute Gasteiger partial charge is 0.399 e. The average Bonchev–Trinajstić information content (AvgIpc) is 3.01. The molecule has 2 aliphatic rings. The number of pyridine rings is 2. The van der Waals surface area contributed by atoms with Crippen molar-refractivity contribution in [3.8, 4) is 16.8 Å². The number of amides is 2. The molecule has 12 heteroatoms. The van der Waals surface area contributed by atoms with Crippen molar-refractivity contribution in [2.24, 2.45) is 0 Å². The molecule has 2 atom stereocenters. The Morgan fingerprint density at radius 2 is 1.85 bits per heavy atom. The number of anilines is 3. The number of fused-ring (bicyclic) bond motifs is 5. The Hall–Kier alpha value is -4.77. The van der Waals surface area contributed by atoms with E-state index in [4.69, 9.17) is 17.3 Å². The van der Waals surface area contributed by atoms with E-state index in [1.165, 1.54) is 51.8 Å². The normalized spacial score (nSPS) is 17.8. The van der Waals surface area contributed by atoms with Gasteiger partial charge in [-0.1, -0.05) is 32.0 Å². The summed E-state index contributed by atoms with van der Waals surface area (Å²) in [5.41, 5.74) is 6.60. The Kier molecular flexibility index (Phi) is 7.63. The van der Waals surface area contributed by atoms with Gasteiger partial charge in [0.1, 0.15) is 17.5 Å². The number of nitrogens with zero attached hydrogens (tertiary/aromatic N) is 5. The second kappa shape index (κ2) is 11.2. The molecule has 2 amide bonds. The second-order valence-electron chi connectivity index (χ2n) is 12.1. The predicted octanol–water partition coefficient (Wildman–Crippen LogP) is 5.57. The lowest BCUT2D eigenvalue weighted by Crippen LogP contribution is -2.66. The van der Waals surface area contributed by atoms with E-state index in [-0.39, 0.29) is 63.5 Å². The number of hydrogen-bond donors (Lipinski definition) is 1. The van der Waals surface area contributed by atoms with E-state index in [0.717, 1.165) is 0 Å². The standard InChI is InChI=1S/C34H33ClF2N6O3/c1-7-25(44)41-15-24-33(45)40(6)32-31(42(24)14-18(41)5)21-13-23(36)26(20-12-19(38)8-9-22(20)35)27(37)30(21)43(34(32)46)29-17(4)10-11-39-28(29)16(2)3/h7-13,16,18,24H,1,14-15,38H2,2-6H3. The van der Waals surface area contributed by atoms with Gasteiger partial charge in [0.25, 0.3) is 11.5 Å². The molecule has 2 aromatic carbocycles. The van der Waals surface area contributed by atoms with Gasteiger partial charge in [0, 0.05) is 47.5 Å². The summed E-state index contributed by atoms with van der Waals surface area (Å²) < 4.78 is 34.9. The SMILES string of the molecule is C=CC(=O)N1CC2C(=O)N(C)c3c(c4cc(F)c(-c5cc(N)ccc5Cl)c(F)c4n(-c4c(C)ccnc4C(C)C)c3=O)N2CC1C. The molecule has 0 saturated carbocycles. The Balaban J connectivity index is 1.79. The van der Waals surface area contributed by atoms with Gasteiger partial charge in [-0.2, -0.15) is 0 Å². The van der Waals surface area contributed by atoms with Crippen molar-refractivity contribution in [1.29, 1.82) is 0 Å². The number of aryl methyl sites for hydroxylation is 1. The lowest BCUT2D eigenvalue weighted by molar-refractivity contribution is -0.130. The number of piperazine rings is 1. The number of hydrogen-bond acceptors (Lipinski definition) is 6. The minimum atomic E-state index is -1.02. The third kappa shape index (κ3) is 4.55. The molecule has 4 aromatic rings. The van der Waals surface area contributed by atoms with Crippen LogP contribution in [-0.2, 0) is 9.59 Å². The van der Waals surface area contributed by atoms with Gasteiger partial charge in [-0.3, -0.25) is 23.9 Å². The van der Waals surface area contributed by atoms with E-state index in [0.29, 0.717) is 16.9 Å². The van der Waals surface area contributed by atoms with E-state index in [9.17, 15) is 14.4 Å². The number of nitrogen functional groups attached to an aromatic ring is 1. The van der Waals surface area contributed by atoms with Crippen LogP contribution in [0.2, 0.25) is 5.02 Å². The van der Waals surface area contributed by atoms with E-state index in [1.807, 2.05) is 13.8 Å². The highest BCUT2D eigenvalue weighted by Crippen LogP contribution is 2.46. The predicted molar refractivity (Wildman–Crippen MR) is 177 cm³/mol. The van der Waals surface area contributed by atoms with Crippen molar-refractivity contribution in [2.75, 3.05) is 35.7 Å². The van der Waals surface area contributed by atoms with Crippen molar-refractivity contribution in [1.82, 2.24) is 14.5 Å². The molecule has 0 spiro atoms. The molecule has 1 saturated heterocycles. The average molecular weight is 647 g/mol. The fourth-order valence-electron chi connectivity index (χ4n) is 6.71. The van der Waals surface area contributed by atoms with Crippen LogP contribution in [0.25, 0.3) is 27.7 Å². The molecular formula is C34H33ClF2N6O3. The topological polar surface area (TPSA) is 105 Å². The molecule has 6 rings (SSSR count). The molecule has 1 fully saturated rings. The molecule has 4 heterocycles. The highest BCUT2D eigenvalue weighted by Gasteiger charge is 2.46. The summed E-state index contributed by atoms with van der Waals surface area (Å²) in [6.45, 7) is 11.1. The number of benzene rings is 2. The summed E-state index contributed by atoms with van der Waals surface area (Å²) in [5.74, 6) is -2.91. The van der Waals surface area contributed by atoms with Crippen molar-refractivity contribution >= 4 is 51.4 Å². The molecule has 2 aromatic heterocycles. The van der Waals surface area contributed by atoms with Crippen molar-refractivity contribution < 1.29 is 18.4 Å². The highest BCUT2D eigenvalue weighted by molar-refractivity contribution is 6.33.